The summed E-state index contributed by atoms with van der Waals surface area (Å²) in [6.45, 7) is 3.23. The van der Waals surface area contributed by atoms with Crippen LogP contribution in [0.1, 0.15) is 90.4 Å². The van der Waals surface area contributed by atoms with Gasteiger partial charge >= 0.3 is 0 Å². The fraction of sp³-hybridized carbons (Fsp3) is 1.00. The topological polar surface area (TPSA) is 35.2 Å². The van der Waals surface area contributed by atoms with Gasteiger partial charge in [-0.2, -0.15) is 0 Å². The molecule has 1 aliphatic carbocycles. The number of ether oxygens (including phenoxy) is 1. The number of rotatable bonds is 12. The van der Waals surface area contributed by atoms with Crippen molar-refractivity contribution in [3.8, 4) is 0 Å². The van der Waals surface area contributed by atoms with Crippen LogP contribution in [0.4, 0.5) is 0 Å². The third-order valence-corrected chi connectivity index (χ3v) is 4.28. The van der Waals surface area contributed by atoms with Crippen LogP contribution in [-0.2, 0) is 4.74 Å². The van der Waals surface area contributed by atoms with Crippen LogP contribution < -0.4 is 5.73 Å². The molecule has 114 valence electrons. The minimum atomic E-state index is 0.401. The molecule has 2 N–H and O–H groups in total. The third kappa shape index (κ3) is 9.45. The molecule has 1 fully saturated rings. The number of nitrogens with two attached hydrogens (primary N) is 1. The number of hydrogen-bond donors (Lipinski definition) is 1. The molecule has 1 aliphatic rings. The molecule has 0 aliphatic heterocycles. The van der Waals surface area contributed by atoms with Crippen LogP contribution >= 0.6 is 0 Å². The summed E-state index contributed by atoms with van der Waals surface area (Å²) < 4.78 is 5.87. The Kier molecular flexibility index (Phi) is 10.5. The average Bonchev–Trinajstić information content (AvgIpc) is 2.82. The van der Waals surface area contributed by atoms with E-state index in [0.717, 1.165) is 19.4 Å². The van der Waals surface area contributed by atoms with E-state index < -0.39 is 0 Å². The Labute approximate surface area is 120 Å². The van der Waals surface area contributed by atoms with Crippen molar-refractivity contribution < 1.29 is 4.74 Å². The Bertz CT molecular complexity index is 196. The zero-order chi connectivity index (χ0) is 13.8. The fourth-order valence-electron chi connectivity index (χ4n) is 2.96. The van der Waals surface area contributed by atoms with E-state index in [4.69, 9.17) is 10.5 Å². The van der Waals surface area contributed by atoms with Crippen molar-refractivity contribution in [2.75, 3.05) is 6.61 Å². The fourth-order valence-corrected chi connectivity index (χ4v) is 2.96. The van der Waals surface area contributed by atoms with Crippen molar-refractivity contribution in [2.45, 2.75) is 103 Å². The Morgan fingerprint density at radius 3 is 1.95 bits per heavy atom. The van der Waals surface area contributed by atoms with Crippen molar-refractivity contribution in [1.82, 2.24) is 0 Å². The summed E-state index contributed by atoms with van der Waals surface area (Å²) in [7, 11) is 0. The molecule has 2 unspecified atom stereocenters. The maximum Gasteiger partial charge on any atom is 0.0590 e. The predicted octanol–water partition coefficient (Wildman–Crippen LogP) is 4.80. The van der Waals surface area contributed by atoms with E-state index in [0.29, 0.717) is 12.1 Å². The van der Waals surface area contributed by atoms with Crippen LogP contribution in [0, 0.1) is 0 Å². The molecular weight excluding hydrogens is 234 g/mol. The second kappa shape index (κ2) is 11.7. The molecular formula is C17H35NO. The first kappa shape index (κ1) is 17.0. The first-order valence-corrected chi connectivity index (χ1v) is 8.70. The van der Waals surface area contributed by atoms with Gasteiger partial charge in [-0.3, -0.25) is 0 Å². The van der Waals surface area contributed by atoms with E-state index >= 15 is 0 Å². The second-order valence-electron chi connectivity index (χ2n) is 6.25. The zero-order valence-electron chi connectivity index (χ0n) is 13.0. The van der Waals surface area contributed by atoms with Crippen molar-refractivity contribution in [2.24, 2.45) is 5.73 Å². The molecule has 19 heavy (non-hydrogen) atoms. The monoisotopic (exact) mass is 269 g/mol. The molecule has 0 amide bonds. The summed E-state index contributed by atoms with van der Waals surface area (Å²) in [5.74, 6) is 0. The van der Waals surface area contributed by atoms with Gasteiger partial charge in [0.2, 0.25) is 0 Å². The van der Waals surface area contributed by atoms with Crippen molar-refractivity contribution in [3.63, 3.8) is 0 Å². The molecule has 0 spiro atoms. The lowest BCUT2D eigenvalue weighted by Gasteiger charge is -2.11. The van der Waals surface area contributed by atoms with Gasteiger partial charge in [-0.15, -0.1) is 0 Å². The zero-order valence-corrected chi connectivity index (χ0v) is 13.0. The van der Waals surface area contributed by atoms with E-state index in [1.165, 1.54) is 70.6 Å². The second-order valence-corrected chi connectivity index (χ2v) is 6.25. The number of hydrogen-bond acceptors (Lipinski definition) is 2. The Hall–Kier alpha value is -0.0800. The summed E-state index contributed by atoms with van der Waals surface area (Å²) in [6, 6.07) is 0.401. The summed E-state index contributed by atoms with van der Waals surface area (Å²) >= 11 is 0. The molecule has 0 aromatic heterocycles. The van der Waals surface area contributed by atoms with Gasteiger partial charge in [-0.25, -0.2) is 0 Å². The highest BCUT2D eigenvalue weighted by Crippen LogP contribution is 2.20. The average molecular weight is 269 g/mol. The van der Waals surface area contributed by atoms with Gasteiger partial charge in [0.15, 0.2) is 0 Å². The summed E-state index contributed by atoms with van der Waals surface area (Å²) in [4.78, 5) is 0. The van der Waals surface area contributed by atoms with Crippen LogP contribution in [0.5, 0.6) is 0 Å². The van der Waals surface area contributed by atoms with E-state index in [1.807, 2.05) is 0 Å². The van der Waals surface area contributed by atoms with Crippen LogP contribution in [0.2, 0.25) is 0 Å². The van der Waals surface area contributed by atoms with Gasteiger partial charge in [0, 0.05) is 12.6 Å². The molecule has 0 saturated heterocycles. The van der Waals surface area contributed by atoms with E-state index in [2.05, 4.69) is 6.92 Å². The predicted molar refractivity (Wildman–Crippen MR) is 83.4 cm³/mol. The first-order valence-electron chi connectivity index (χ1n) is 8.70. The Balaban J connectivity index is 1.72. The standard InChI is InChI=1S/C17H35NO/c1-2-3-4-5-6-7-8-9-10-11-14-19-17-13-12-16(18)15-17/h16-17H,2-15,18H2,1H3. The Morgan fingerprint density at radius 2 is 1.42 bits per heavy atom. The third-order valence-electron chi connectivity index (χ3n) is 4.28. The van der Waals surface area contributed by atoms with E-state index in [9.17, 15) is 0 Å². The lowest BCUT2D eigenvalue weighted by molar-refractivity contribution is 0.0548. The van der Waals surface area contributed by atoms with Gasteiger partial charge in [0.25, 0.3) is 0 Å². The van der Waals surface area contributed by atoms with Crippen molar-refractivity contribution in [3.05, 3.63) is 0 Å². The molecule has 2 heteroatoms. The summed E-state index contributed by atoms with van der Waals surface area (Å²) in [5.41, 5.74) is 5.87. The minimum Gasteiger partial charge on any atom is -0.378 e. The normalized spacial score (nSPS) is 23.1. The van der Waals surface area contributed by atoms with Gasteiger partial charge in [0.05, 0.1) is 6.10 Å². The van der Waals surface area contributed by atoms with Crippen LogP contribution in [0.25, 0.3) is 0 Å². The van der Waals surface area contributed by atoms with Crippen LogP contribution in [-0.4, -0.2) is 18.8 Å². The smallest absolute Gasteiger partial charge is 0.0590 e. The highest BCUT2D eigenvalue weighted by molar-refractivity contribution is 4.77. The van der Waals surface area contributed by atoms with Gasteiger partial charge < -0.3 is 10.5 Å². The van der Waals surface area contributed by atoms with Crippen molar-refractivity contribution >= 4 is 0 Å². The molecule has 0 aromatic rings. The minimum absolute atomic E-state index is 0.401. The molecule has 0 heterocycles. The first-order chi connectivity index (χ1) is 9.33. The van der Waals surface area contributed by atoms with Gasteiger partial charge in [0.1, 0.15) is 0 Å². The van der Waals surface area contributed by atoms with Gasteiger partial charge in [-0.1, -0.05) is 64.7 Å². The lowest BCUT2D eigenvalue weighted by Crippen LogP contribution is -2.17. The highest BCUT2D eigenvalue weighted by Gasteiger charge is 2.21. The maximum absolute atomic E-state index is 5.87. The van der Waals surface area contributed by atoms with Crippen LogP contribution in [0.3, 0.4) is 0 Å². The molecule has 0 bridgehead atoms. The summed E-state index contributed by atoms with van der Waals surface area (Å²) in [5, 5.41) is 0. The Morgan fingerprint density at radius 1 is 0.842 bits per heavy atom. The van der Waals surface area contributed by atoms with E-state index in [-0.39, 0.29) is 0 Å². The molecule has 0 radical (unpaired) electrons. The van der Waals surface area contributed by atoms with E-state index in [1.54, 1.807) is 0 Å². The molecule has 1 rings (SSSR count). The van der Waals surface area contributed by atoms with Gasteiger partial charge in [-0.05, 0) is 25.7 Å². The van der Waals surface area contributed by atoms with Crippen molar-refractivity contribution in [1.29, 1.82) is 0 Å². The molecule has 2 atom stereocenters. The highest BCUT2D eigenvalue weighted by atomic mass is 16.5. The quantitative estimate of drug-likeness (QED) is 0.516. The number of unbranched alkanes of at least 4 members (excludes halogenated alkanes) is 9. The SMILES string of the molecule is CCCCCCCCCCCCOC1CCC(N)C1. The summed E-state index contributed by atoms with van der Waals surface area (Å²) in [6.07, 6.45) is 17.8. The lowest BCUT2D eigenvalue weighted by atomic mass is 10.1. The molecule has 0 aromatic carbocycles. The molecule has 1 saturated carbocycles. The largest absolute Gasteiger partial charge is 0.378 e. The maximum atomic E-state index is 5.87. The molecule has 2 nitrogen and oxygen atoms in total. The van der Waals surface area contributed by atoms with Crippen LogP contribution in [0.15, 0.2) is 0 Å².